The molecule has 0 saturated carbocycles. The van der Waals surface area contributed by atoms with E-state index in [-0.39, 0.29) is 11.9 Å². The number of benzene rings is 3. The van der Waals surface area contributed by atoms with Gasteiger partial charge >= 0.3 is 0 Å². The Kier molecular flexibility index (Phi) is 3.92. The SMILES string of the molecule is O=C1c2cc(Cc3ccccc3)c(Cc3ccccc3)cc2[C@H](O)[C@@H]2O[C@H]12. The Balaban J connectivity index is 1.59. The lowest BCUT2D eigenvalue weighted by atomic mass is 9.83. The molecule has 0 aromatic heterocycles. The first kappa shape index (κ1) is 16.4. The van der Waals surface area contributed by atoms with E-state index in [2.05, 4.69) is 24.3 Å². The van der Waals surface area contributed by atoms with Crippen LogP contribution in [0.2, 0.25) is 0 Å². The van der Waals surface area contributed by atoms with Gasteiger partial charge in [-0.3, -0.25) is 4.79 Å². The summed E-state index contributed by atoms with van der Waals surface area (Å²) in [6.07, 6.45) is -0.0181. The third-order valence-electron chi connectivity index (χ3n) is 5.53. The number of ketones is 1. The molecule has 1 N–H and O–H groups in total. The van der Waals surface area contributed by atoms with Crippen LogP contribution in [0.1, 0.15) is 44.3 Å². The van der Waals surface area contributed by atoms with Crippen LogP contribution in [-0.2, 0) is 17.6 Å². The number of hydrogen-bond donors (Lipinski definition) is 1. The predicted octanol–water partition coefficient (Wildman–Crippen LogP) is 3.87. The van der Waals surface area contributed by atoms with Gasteiger partial charge in [0.05, 0.1) is 0 Å². The molecule has 3 heteroatoms. The standard InChI is InChI=1S/C24H20O3/c25-21-19-13-17(11-15-7-3-1-4-8-15)18(12-16-9-5-2-6-10-16)14-20(19)22(26)24-23(21)27-24/h1-10,13-14,21,23-25H,11-12H2/t21-,23-,24+/m0/s1. The van der Waals surface area contributed by atoms with Crippen LogP contribution in [0.4, 0.5) is 0 Å². The minimum Gasteiger partial charge on any atom is -0.386 e. The van der Waals surface area contributed by atoms with Crippen molar-refractivity contribution >= 4 is 5.78 Å². The smallest absolute Gasteiger partial charge is 0.194 e. The number of Topliss-reactive ketones (excluding diaryl/α,β-unsaturated/α-hetero) is 1. The molecule has 27 heavy (non-hydrogen) atoms. The summed E-state index contributed by atoms with van der Waals surface area (Å²) in [5, 5.41) is 10.6. The molecule has 1 saturated heterocycles. The van der Waals surface area contributed by atoms with E-state index >= 15 is 0 Å². The summed E-state index contributed by atoms with van der Waals surface area (Å²) in [6, 6.07) is 24.5. The van der Waals surface area contributed by atoms with E-state index in [9.17, 15) is 9.90 Å². The van der Waals surface area contributed by atoms with Crippen LogP contribution in [0, 0.1) is 0 Å². The van der Waals surface area contributed by atoms with E-state index in [1.807, 2.05) is 48.5 Å². The van der Waals surface area contributed by atoms with E-state index in [1.54, 1.807) is 0 Å². The molecule has 3 atom stereocenters. The van der Waals surface area contributed by atoms with E-state index in [4.69, 9.17) is 4.74 Å². The Morgan fingerprint density at radius 1 is 0.815 bits per heavy atom. The Morgan fingerprint density at radius 3 is 1.96 bits per heavy atom. The normalized spacial score (nSPS) is 22.9. The van der Waals surface area contributed by atoms with Gasteiger partial charge in [0, 0.05) is 5.56 Å². The van der Waals surface area contributed by atoms with Crippen LogP contribution in [0.25, 0.3) is 0 Å². The third kappa shape index (κ3) is 2.99. The maximum absolute atomic E-state index is 12.6. The van der Waals surface area contributed by atoms with Crippen LogP contribution >= 0.6 is 0 Å². The first-order chi connectivity index (χ1) is 13.2. The van der Waals surface area contributed by atoms with Crippen LogP contribution in [0.3, 0.4) is 0 Å². The van der Waals surface area contributed by atoms with E-state index in [1.165, 1.54) is 11.1 Å². The van der Waals surface area contributed by atoms with Gasteiger partial charge in [0.1, 0.15) is 18.3 Å². The molecule has 3 aromatic rings. The molecule has 2 aliphatic rings. The highest BCUT2D eigenvalue weighted by atomic mass is 16.6. The zero-order chi connectivity index (χ0) is 18.4. The maximum atomic E-state index is 12.6. The van der Waals surface area contributed by atoms with Crippen molar-refractivity contribution in [2.75, 3.05) is 0 Å². The molecule has 0 unspecified atom stereocenters. The van der Waals surface area contributed by atoms with Crippen molar-refractivity contribution in [3.8, 4) is 0 Å². The first-order valence-electron chi connectivity index (χ1n) is 9.32. The number of ether oxygens (including phenoxy) is 1. The summed E-state index contributed by atoms with van der Waals surface area (Å²) in [5.41, 5.74) is 6.02. The fraction of sp³-hybridized carbons (Fsp3) is 0.208. The molecule has 1 aliphatic heterocycles. The fourth-order valence-electron chi connectivity index (χ4n) is 4.03. The Morgan fingerprint density at radius 2 is 1.37 bits per heavy atom. The monoisotopic (exact) mass is 356 g/mol. The molecule has 0 amide bonds. The van der Waals surface area contributed by atoms with Crippen molar-refractivity contribution in [1.82, 2.24) is 0 Å². The molecular weight excluding hydrogens is 336 g/mol. The van der Waals surface area contributed by atoms with Crippen molar-refractivity contribution in [3.05, 3.63) is 106 Å². The van der Waals surface area contributed by atoms with Crippen LogP contribution in [0.15, 0.2) is 72.8 Å². The van der Waals surface area contributed by atoms with Crippen molar-refractivity contribution < 1.29 is 14.6 Å². The zero-order valence-corrected chi connectivity index (χ0v) is 14.8. The van der Waals surface area contributed by atoms with Crippen molar-refractivity contribution in [2.24, 2.45) is 0 Å². The first-order valence-corrected chi connectivity index (χ1v) is 9.32. The lowest BCUT2D eigenvalue weighted by Gasteiger charge is -2.21. The molecule has 1 fully saturated rings. The number of epoxide rings is 1. The molecule has 3 aromatic carbocycles. The van der Waals surface area contributed by atoms with Gasteiger partial charge in [0.15, 0.2) is 5.78 Å². The fourth-order valence-corrected chi connectivity index (χ4v) is 4.03. The molecule has 134 valence electrons. The minimum absolute atomic E-state index is 0.000808. The average Bonchev–Trinajstić information content (AvgIpc) is 3.50. The Hall–Kier alpha value is -2.75. The number of carbonyl (C=O) groups excluding carboxylic acids is 1. The molecule has 1 aliphatic carbocycles. The van der Waals surface area contributed by atoms with Gasteiger partial charge < -0.3 is 9.84 Å². The summed E-state index contributed by atoms with van der Waals surface area (Å²) in [6.45, 7) is 0. The highest BCUT2D eigenvalue weighted by Gasteiger charge is 2.54. The van der Waals surface area contributed by atoms with E-state index in [0.717, 1.165) is 24.0 Å². The summed E-state index contributed by atoms with van der Waals surface area (Å²) < 4.78 is 5.40. The number of carbonyl (C=O) groups is 1. The Bertz CT molecular complexity index is 995. The average molecular weight is 356 g/mol. The van der Waals surface area contributed by atoms with Crippen molar-refractivity contribution in [3.63, 3.8) is 0 Å². The lowest BCUT2D eigenvalue weighted by Crippen LogP contribution is -2.25. The van der Waals surface area contributed by atoms with Gasteiger partial charge in [0.2, 0.25) is 0 Å². The second-order valence-electron chi connectivity index (χ2n) is 7.36. The Labute approximate surface area is 158 Å². The van der Waals surface area contributed by atoms with Crippen LogP contribution in [-0.4, -0.2) is 23.1 Å². The summed E-state index contributed by atoms with van der Waals surface area (Å²) in [4.78, 5) is 12.6. The molecule has 1 heterocycles. The highest BCUT2D eigenvalue weighted by molar-refractivity contribution is 6.04. The quantitative estimate of drug-likeness (QED) is 0.722. The highest BCUT2D eigenvalue weighted by Crippen LogP contribution is 2.44. The van der Waals surface area contributed by atoms with E-state index < -0.39 is 12.2 Å². The molecule has 0 bridgehead atoms. The van der Waals surface area contributed by atoms with E-state index in [0.29, 0.717) is 11.1 Å². The topological polar surface area (TPSA) is 49.8 Å². The number of aliphatic hydroxyl groups is 1. The largest absolute Gasteiger partial charge is 0.386 e. The molecule has 0 spiro atoms. The molecule has 3 nitrogen and oxygen atoms in total. The summed E-state index contributed by atoms with van der Waals surface area (Å²) >= 11 is 0. The maximum Gasteiger partial charge on any atom is 0.194 e. The van der Waals surface area contributed by atoms with Crippen molar-refractivity contribution in [1.29, 1.82) is 0 Å². The van der Waals surface area contributed by atoms with Gasteiger partial charge in [-0.2, -0.15) is 0 Å². The van der Waals surface area contributed by atoms with Crippen LogP contribution in [0.5, 0.6) is 0 Å². The molecular formula is C24H20O3. The second kappa shape index (κ2) is 6.45. The zero-order valence-electron chi connectivity index (χ0n) is 14.8. The summed E-state index contributed by atoms with van der Waals surface area (Å²) in [7, 11) is 0. The number of aliphatic hydroxyl groups excluding tert-OH is 1. The van der Waals surface area contributed by atoms with Gasteiger partial charge in [-0.1, -0.05) is 66.7 Å². The predicted molar refractivity (Wildman–Crippen MR) is 103 cm³/mol. The molecule has 0 radical (unpaired) electrons. The van der Waals surface area contributed by atoms with Gasteiger partial charge in [-0.05, 0) is 46.7 Å². The van der Waals surface area contributed by atoms with Crippen molar-refractivity contribution in [2.45, 2.75) is 31.2 Å². The molecule has 5 rings (SSSR count). The van der Waals surface area contributed by atoms with Gasteiger partial charge in [-0.15, -0.1) is 0 Å². The number of fused-ring (bicyclic) bond motifs is 2. The summed E-state index contributed by atoms with van der Waals surface area (Å²) in [5.74, 6) is 0.000808. The minimum atomic E-state index is -0.719. The lowest BCUT2D eigenvalue weighted by molar-refractivity contribution is 0.0941. The number of hydrogen-bond acceptors (Lipinski definition) is 3. The third-order valence-corrected chi connectivity index (χ3v) is 5.53. The van der Waals surface area contributed by atoms with Gasteiger partial charge in [-0.25, -0.2) is 0 Å². The number of rotatable bonds is 4. The second-order valence-corrected chi connectivity index (χ2v) is 7.36. The van der Waals surface area contributed by atoms with Crippen LogP contribution < -0.4 is 0 Å². The van der Waals surface area contributed by atoms with Gasteiger partial charge in [0.25, 0.3) is 0 Å².